The van der Waals surface area contributed by atoms with Gasteiger partial charge in [-0.05, 0) is 51.4 Å². The zero-order valence-electron chi connectivity index (χ0n) is 36.9. The molecular weight excluding hydrogens is 827 g/mol. The van der Waals surface area contributed by atoms with Crippen LogP contribution in [-0.2, 0) is 37.5 Å². The first-order chi connectivity index (χ1) is 29.6. The Hall–Kier alpha value is -2.34. The van der Waals surface area contributed by atoms with Crippen molar-refractivity contribution in [1.82, 2.24) is 0 Å². The molecule has 17 heteroatoms. The third kappa shape index (κ3) is 22.0. The number of Topliss-reactive ketones (excluding diaryl/α,β-unsaturated/α-hetero) is 1. The predicted octanol–water partition coefficient (Wildman–Crippen LogP) is 5.20. The Bertz CT molecular complexity index is 1410. The van der Waals surface area contributed by atoms with E-state index in [0.29, 0.717) is 44.9 Å². The van der Waals surface area contributed by atoms with Crippen LogP contribution in [0.4, 0.5) is 0 Å². The number of cyclic esters (lactones) is 1. The second-order valence-electron chi connectivity index (χ2n) is 16.7. The number of unbranched alkanes of at least 4 members (excludes halogenated alkanes) is 8. The highest BCUT2D eigenvalue weighted by Gasteiger charge is 2.49. The summed E-state index contributed by atoms with van der Waals surface area (Å²) >= 11 is 0. The highest BCUT2D eigenvalue weighted by Crippen LogP contribution is 2.47. The van der Waals surface area contributed by atoms with Crippen LogP contribution in [0.2, 0.25) is 0 Å². The van der Waals surface area contributed by atoms with Gasteiger partial charge in [-0.1, -0.05) is 115 Å². The molecule has 1 heterocycles. The number of allylic oxidation sites excluding steroid dienone is 4. The molecule has 0 radical (unpaired) electrons. The lowest BCUT2D eigenvalue weighted by Crippen LogP contribution is -2.55. The number of phosphoric acid groups is 1. The van der Waals surface area contributed by atoms with Crippen LogP contribution in [0.1, 0.15) is 149 Å². The topological polar surface area (TPSA) is 267 Å². The van der Waals surface area contributed by atoms with Crippen LogP contribution >= 0.6 is 7.82 Å². The Morgan fingerprint density at radius 3 is 2.19 bits per heavy atom. The standard InChI is InChI=1S/C45H77O16P/c1-3-5-7-8-9-10-11-12-13-14-15-16-22-26-39(50)60-33-30-58-38(49)25-21-18-17-20-24-34-36(47)29-37(48)35(28-27-32(46)23-19-6-4-2)41(52)43(54)45(44(55)42(53)40(34)51)61-62(56,57)59-31-33/h7-8,10-11,27-28,32-36,40-47,51-55H,3-6,9,12-26,29-31H2,1-2H3,(H,56,57)/b8-7-,11-10-,28-27?/t32-,33+,34-,35-,36-,40+,41+,42-,43+,44+,45+/m0/s1. The second kappa shape index (κ2) is 31.5. The molecule has 0 aromatic carbocycles. The molecule has 358 valence electrons. The van der Waals surface area contributed by atoms with E-state index in [2.05, 4.69) is 31.2 Å². The first kappa shape index (κ1) is 55.8. The largest absolute Gasteiger partial charge is 0.472 e. The Balaban J connectivity index is 2.26. The summed E-state index contributed by atoms with van der Waals surface area (Å²) < 4.78 is 34.6. The molecule has 1 unspecified atom stereocenters. The monoisotopic (exact) mass is 904 g/mol. The lowest BCUT2D eigenvalue weighted by molar-refractivity contribution is -0.167. The Morgan fingerprint density at radius 1 is 0.790 bits per heavy atom. The van der Waals surface area contributed by atoms with E-state index in [9.17, 15) is 59.6 Å². The van der Waals surface area contributed by atoms with Gasteiger partial charge < -0.3 is 50.1 Å². The average molecular weight is 905 g/mol. The summed E-state index contributed by atoms with van der Waals surface area (Å²) in [6.45, 7) is 2.72. The molecule has 1 saturated carbocycles. The average Bonchev–Trinajstić information content (AvgIpc) is 3.23. The molecule has 16 nitrogen and oxygen atoms in total. The third-order valence-corrected chi connectivity index (χ3v) is 12.3. The van der Waals surface area contributed by atoms with Crippen molar-refractivity contribution in [2.24, 2.45) is 11.8 Å². The summed E-state index contributed by atoms with van der Waals surface area (Å²) in [7, 11) is -5.45. The number of ether oxygens (including phenoxy) is 2. The third-order valence-electron chi connectivity index (χ3n) is 11.3. The van der Waals surface area contributed by atoms with Gasteiger partial charge in [-0.15, -0.1) is 0 Å². The van der Waals surface area contributed by atoms with Crippen LogP contribution in [0.25, 0.3) is 0 Å². The van der Waals surface area contributed by atoms with Gasteiger partial charge in [0.25, 0.3) is 0 Å². The van der Waals surface area contributed by atoms with E-state index in [1.807, 2.05) is 6.92 Å². The summed E-state index contributed by atoms with van der Waals surface area (Å²) in [5.41, 5.74) is 0. The maximum atomic E-state index is 13.7. The van der Waals surface area contributed by atoms with Gasteiger partial charge in [-0.25, -0.2) is 4.57 Å². The van der Waals surface area contributed by atoms with E-state index >= 15 is 0 Å². The smallest absolute Gasteiger partial charge is 0.462 e. The van der Waals surface area contributed by atoms with Gasteiger partial charge >= 0.3 is 19.8 Å². The SMILES string of the molecule is CCC/C=C\C/C=C\CCCCCCCC(=O)O[C@@H]1COC(=O)CCCCCC[C@@H]2[C@@H](O)[C@H](O)[C@@H](O)[C@H](OP(=O)(O)OC1)[C@H](O)[C@H](O)[C@@H](C=C[C@@H](O)CCCCC)C(=O)C[C@@H]2O. The van der Waals surface area contributed by atoms with Crippen LogP contribution in [-0.4, -0.2) is 127 Å². The number of carbonyl (C=O) groups is 3. The molecule has 0 spiro atoms. The molecule has 1 aliphatic carbocycles. The fraction of sp³-hybridized carbons (Fsp3) is 0.800. The number of ketones is 1. The number of hydrogen-bond acceptors (Lipinski definition) is 15. The maximum Gasteiger partial charge on any atom is 0.472 e. The Morgan fingerprint density at radius 2 is 1.47 bits per heavy atom. The number of phosphoric ester groups is 1. The van der Waals surface area contributed by atoms with Gasteiger partial charge in [0.05, 0.1) is 36.9 Å². The van der Waals surface area contributed by atoms with Gasteiger partial charge in [0.1, 0.15) is 36.8 Å². The lowest BCUT2D eigenvalue weighted by Gasteiger charge is -2.37. The molecule has 2 fully saturated rings. The lowest BCUT2D eigenvalue weighted by atomic mass is 9.82. The number of carbonyl (C=O) groups excluding carboxylic acids is 3. The first-order valence-corrected chi connectivity index (χ1v) is 24.4. The highest BCUT2D eigenvalue weighted by atomic mass is 31.2. The summed E-state index contributed by atoms with van der Waals surface area (Å²) in [5, 5.41) is 78.5. The molecule has 1 aliphatic heterocycles. The number of aliphatic hydroxyl groups excluding tert-OH is 7. The van der Waals surface area contributed by atoms with Gasteiger partial charge in [-0.2, -0.15) is 0 Å². The number of esters is 2. The Labute approximate surface area is 368 Å². The summed E-state index contributed by atoms with van der Waals surface area (Å²) in [6.07, 6.45) is 5.50. The predicted molar refractivity (Wildman–Crippen MR) is 231 cm³/mol. The van der Waals surface area contributed by atoms with Crippen molar-refractivity contribution in [3.8, 4) is 0 Å². The molecule has 0 aromatic heterocycles. The van der Waals surface area contributed by atoms with Crippen LogP contribution in [0.15, 0.2) is 36.5 Å². The molecule has 0 aromatic rings. The van der Waals surface area contributed by atoms with E-state index in [-0.39, 0.29) is 19.3 Å². The second-order valence-corrected chi connectivity index (χ2v) is 18.1. The summed E-state index contributed by atoms with van der Waals surface area (Å²) in [5.74, 6) is -5.01. The quantitative estimate of drug-likeness (QED) is 0.0358. The molecule has 8 N–H and O–H groups in total. The zero-order chi connectivity index (χ0) is 45.9. The minimum Gasteiger partial charge on any atom is -0.462 e. The van der Waals surface area contributed by atoms with Gasteiger partial charge in [0.15, 0.2) is 6.10 Å². The minimum absolute atomic E-state index is 0.00683. The van der Waals surface area contributed by atoms with Crippen LogP contribution < -0.4 is 0 Å². The number of aliphatic hydroxyl groups is 7. The normalized spacial score (nSPS) is 32.4. The van der Waals surface area contributed by atoms with Crippen molar-refractivity contribution in [1.29, 1.82) is 0 Å². The van der Waals surface area contributed by atoms with E-state index in [0.717, 1.165) is 70.3 Å². The fourth-order valence-electron chi connectivity index (χ4n) is 7.55. The molecular formula is C45H77O16P. The van der Waals surface area contributed by atoms with Crippen molar-refractivity contribution >= 4 is 25.5 Å². The van der Waals surface area contributed by atoms with Crippen LogP contribution in [0.5, 0.6) is 0 Å². The minimum atomic E-state index is -5.45. The molecule has 2 aliphatic rings. The summed E-state index contributed by atoms with van der Waals surface area (Å²) in [4.78, 5) is 50.1. The van der Waals surface area contributed by atoms with Crippen LogP contribution in [0, 0.1) is 11.8 Å². The number of fused-ring (bicyclic) bond motifs is 4. The van der Waals surface area contributed by atoms with E-state index < -0.39 is 112 Å². The van der Waals surface area contributed by atoms with Crippen molar-refractivity contribution in [3.05, 3.63) is 36.5 Å². The molecule has 0 amide bonds. The number of hydrogen-bond donors (Lipinski definition) is 8. The summed E-state index contributed by atoms with van der Waals surface area (Å²) in [6, 6.07) is 0. The first-order valence-electron chi connectivity index (χ1n) is 22.9. The molecule has 12 atom stereocenters. The molecule has 2 bridgehead atoms. The van der Waals surface area contributed by atoms with Crippen LogP contribution in [0.3, 0.4) is 0 Å². The number of rotatable bonds is 19. The van der Waals surface area contributed by atoms with Crippen molar-refractivity contribution in [2.45, 2.75) is 204 Å². The maximum absolute atomic E-state index is 13.7. The van der Waals surface area contributed by atoms with Crippen molar-refractivity contribution in [2.75, 3.05) is 13.2 Å². The molecule has 1 saturated heterocycles. The Kier molecular flexibility index (Phi) is 28.4. The van der Waals surface area contributed by atoms with Gasteiger partial charge in [0, 0.05) is 25.2 Å². The van der Waals surface area contributed by atoms with Crippen molar-refractivity contribution < 1.29 is 78.1 Å². The van der Waals surface area contributed by atoms with E-state index in [1.54, 1.807) is 0 Å². The van der Waals surface area contributed by atoms with Gasteiger partial charge in [-0.3, -0.25) is 23.4 Å². The van der Waals surface area contributed by atoms with Crippen molar-refractivity contribution in [3.63, 3.8) is 0 Å². The zero-order valence-corrected chi connectivity index (χ0v) is 37.8. The van der Waals surface area contributed by atoms with Gasteiger partial charge in [0.2, 0.25) is 0 Å². The van der Waals surface area contributed by atoms with E-state index in [4.69, 9.17) is 18.5 Å². The van der Waals surface area contributed by atoms with E-state index in [1.165, 1.54) is 6.08 Å². The molecule has 2 rings (SSSR count). The molecule has 62 heavy (non-hydrogen) atoms. The fourth-order valence-corrected chi connectivity index (χ4v) is 8.52. The highest BCUT2D eigenvalue weighted by molar-refractivity contribution is 7.47.